The van der Waals surface area contributed by atoms with Crippen LogP contribution in [0.1, 0.15) is 38.7 Å². The highest BCUT2D eigenvalue weighted by Crippen LogP contribution is 2.29. The van der Waals surface area contributed by atoms with E-state index >= 15 is 0 Å². The number of hydrogen-bond acceptors (Lipinski definition) is 2. The van der Waals surface area contributed by atoms with Crippen LogP contribution < -0.4 is 10.5 Å². The third-order valence-electron chi connectivity index (χ3n) is 3.30. The SMILES string of the molecule is CC(C)(N)Cc1cc(Br)cc(OCC2CCC2)c1. The lowest BCUT2D eigenvalue weighted by Crippen LogP contribution is -2.34. The zero-order chi connectivity index (χ0) is 13.2. The first-order chi connectivity index (χ1) is 8.42. The molecule has 0 aliphatic heterocycles. The predicted molar refractivity (Wildman–Crippen MR) is 78.9 cm³/mol. The van der Waals surface area contributed by atoms with Gasteiger partial charge in [0.15, 0.2) is 0 Å². The van der Waals surface area contributed by atoms with Crippen molar-refractivity contribution >= 4 is 15.9 Å². The molecule has 3 heteroatoms. The van der Waals surface area contributed by atoms with E-state index in [4.69, 9.17) is 10.5 Å². The largest absolute Gasteiger partial charge is 0.493 e. The Hall–Kier alpha value is -0.540. The van der Waals surface area contributed by atoms with Crippen molar-refractivity contribution < 1.29 is 4.74 Å². The van der Waals surface area contributed by atoms with E-state index in [0.29, 0.717) is 0 Å². The molecule has 1 aromatic rings. The van der Waals surface area contributed by atoms with Crippen molar-refractivity contribution in [2.75, 3.05) is 6.61 Å². The van der Waals surface area contributed by atoms with Crippen LogP contribution in [0.25, 0.3) is 0 Å². The van der Waals surface area contributed by atoms with Crippen molar-refractivity contribution in [1.29, 1.82) is 0 Å². The van der Waals surface area contributed by atoms with Crippen molar-refractivity contribution in [2.45, 2.75) is 45.1 Å². The molecule has 18 heavy (non-hydrogen) atoms. The van der Waals surface area contributed by atoms with E-state index in [1.54, 1.807) is 0 Å². The summed E-state index contributed by atoms with van der Waals surface area (Å²) in [6.07, 6.45) is 4.85. The number of benzene rings is 1. The molecule has 0 bridgehead atoms. The highest BCUT2D eigenvalue weighted by molar-refractivity contribution is 9.10. The second-order valence-electron chi connectivity index (χ2n) is 6.07. The molecule has 0 spiro atoms. The molecular weight excluding hydrogens is 290 g/mol. The smallest absolute Gasteiger partial charge is 0.120 e. The topological polar surface area (TPSA) is 35.2 Å². The predicted octanol–water partition coefficient (Wildman–Crippen LogP) is 3.91. The summed E-state index contributed by atoms with van der Waals surface area (Å²) in [5.41, 5.74) is 7.10. The van der Waals surface area contributed by atoms with E-state index in [9.17, 15) is 0 Å². The summed E-state index contributed by atoms with van der Waals surface area (Å²) < 4.78 is 6.94. The van der Waals surface area contributed by atoms with Crippen LogP contribution in [0, 0.1) is 5.92 Å². The van der Waals surface area contributed by atoms with Crippen LogP contribution in [0.3, 0.4) is 0 Å². The minimum absolute atomic E-state index is 0.188. The summed E-state index contributed by atoms with van der Waals surface area (Å²) in [5, 5.41) is 0. The van der Waals surface area contributed by atoms with Crippen LogP contribution in [0.15, 0.2) is 22.7 Å². The Balaban J connectivity index is 2.00. The van der Waals surface area contributed by atoms with Crippen molar-refractivity contribution in [3.63, 3.8) is 0 Å². The molecule has 2 N–H and O–H groups in total. The first-order valence-corrected chi connectivity index (χ1v) is 7.43. The van der Waals surface area contributed by atoms with Crippen molar-refractivity contribution in [3.05, 3.63) is 28.2 Å². The Labute approximate surface area is 118 Å². The molecule has 0 heterocycles. The molecule has 0 aromatic heterocycles. The molecule has 1 saturated carbocycles. The molecule has 0 atom stereocenters. The van der Waals surface area contributed by atoms with E-state index in [0.717, 1.165) is 29.2 Å². The Kier molecular flexibility index (Phi) is 4.33. The Morgan fingerprint density at radius 1 is 1.33 bits per heavy atom. The molecule has 2 nitrogen and oxygen atoms in total. The van der Waals surface area contributed by atoms with Gasteiger partial charge in [0.1, 0.15) is 5.75 Å². The van der Waals surface area contributed by atoms with Crippen molar-refractivity contribution in [2.24, 2.45) is 11.7 Å². The highest BCUT2D eigenvalue weighted by atomic mass is 79.9. The highest BCUT2D eigenvalue weighted by Gasteiger charge is 2.18. The molecule has 1 aliphatic rings. The summed E-state index contributed by atoms with van der Waals surface area (Å²) in [6, 6.07) is 6.26. The number of halogens is 1. The van der Waals surface area contributed by atoms with Gasteiger partial charge in [-0.1, -0.05) is 22.4 Å². The molecule has 100 valence electrons. The van der Waals surface area contributed by atoms with E-state index in [2.05, 4.69) is 28.1 Å². The fraction of sp³-hybridized carbons (Fsp3) is 0.600. The minimum atomic E-state index is -0.188. The zero-order valence-electron chi connectivity index (χ0n) is 11.2. The molecular formula is C15H22BrNO. The zero-order valence-corrected chi connectivity index (χ0v) is 12.8. The maximum atomic E-state index is 6.06. The van der Waals surface area contributed by atoms with Gasteiger partial charge in [-0.2, -0.15) is 0 Å². The van der Waals surface area contributed by atoms with Crippen molar-refractivity contribution in [1.82, 2.24) is 0 Å². The third kappa shape index (κ3) is 4.29. The average Bonchev–Trinajstić information content (AvgIpc) is 2.10. The summed E-state index contributed by atoms with van der Waals surface area (Å²) in [4.78, 5) is 0. The van der Waals surface area contributed by atoms with E-state index in [1.165, 1.54) is 24.8 Å². The molecule has 1 aliphatic carbocycles. The monoisotopic (exact) mass is 311 g/mol. The lowest BCUT2D eigenvalue weighted by molar-refractivity contribution is 0.180. The molecule has 0 unspecified atom stereocenters. The summed E-state index contributed by atoms with van der Waals surface area (Å²) in [7, 11) is 0. The second-order valence-corrected chi connectivity index (χ2v) is 6.98. The van der Waals surface area contributed by atoms with Crippen LogP contribution in [0.4, 0.5) is 0 Å². The van der Waals surface area contributed by atoms with Gasteiger partial charge in [0, 0.05) is 10.0 Å². The first kappa shape index (κ1) is 13.9. The maximum Gasteiger partial charge on any atom is 0.120 e. The van der Waals surface area contributed by atoms with Gasteiger partial charge in [0.25, 0.3) is 0 Å². The second kappa shape index (κ2) is 5.62. The molecule has 0 saturated heterocycles. The molecule has 0 amide bonds. The molecule has 2 rings (SSSR count). The lowest BCUT2D eigenvalue weighted by atomic mass is 9.86. The molecule has 1 aromatic carbocycles. The van der Waals surface area contributed by atoms with Gasteiger partial charge in [-0.15, -0.1) is 0 Å². The van der Waals surface area contributed by atoms with Gasteiger partial charge in [-0.25, -0.2) is 0 Å². The van der Waals surface area contributed by atoms with Crippen molar-refractivity contribution in [3.8, 4) is 5.75 Å². The fourth-order valence-electron chi connectivity index (χ4n) is 2.21. The quantitative estimate of drug-likeness (QED) is 0.895. The Morgan fingerprint density at radius 3 is 2.61 bits per heavy atom. The number of hydrogen-bond donors (Lipinski definition) is 1. The van der Waals surface area contributed by atoms with Crippen LogP contribution in [-0.2, 0) is 6.42 Å². The van der Waals surface area contributed by atoms with E-state index < -0.39 is 0 Å². The molecule has 0 radical (unpaired) electrons. The number of rotatable bonds is 5. The van der Waals surface area contributed by atoms with Gasteiger partial charge in [0.05, 0.1) is 6.61 Å². The van der Waals surface area contributed by atoms with Gasteiger partial charge >= 0.3 is 0 Å². The van der Waals surface area contributed by atoms with E-state index in [-0.39, 0.29) is 5.54 Å². The van der Waals surface area contributed by atoms with Gasteiger partial charge in [0.2, 0.25) is 0 Å². The first-order valence-electron chi connectivity index (χ1n) is 6.63. The summed E-state index contributed by atoms with van der Waals surface area (Å²) in [5.74, 6) is 1.72. The number of nitrogens with two attached hydrogens (primary N) is 1. The van der Waals surface area contributed by atoms with Gasteiger partial charge in [-0.05, 0) is 62.8 Å². The Morgan fingerprint density at radius 2 is 2.06 bits per heavy atom. The lowest BCUT2D eigenvalue weighted by Gasteiger charge is -2.25. The Bertz CT molecular complexity index is 407. The third-order valence-corrected chi connectivity index (χ3v) is 3.76. The standard InChI is InChI=1S/C15H22BrNO/c1-15(2,17)9-12-6-13(16)8-14(7-12)18-10-11-4-3-5-11/h6-8,11H,3-5,9-10,17H2,1-2H3. The maximum absolute atomic E-state index is 6.06. The number of ether oxygens (including phenoxy) is 1. The van der Waals surface area contributed by atoms with Gasteiger partial charge < -0.3 is 10.5 Å². The van der Waals surface area contributed by atoms with Crippen LogP contribution in [0.5, 0.6) is 5.75 Å². The van der Waals surface area contributed by atoms with Crippen LogP contribution in [-0.4, -0.2) is 12.1 Å². The summed E-state index contributed by atoms with van der Waals surface area (Å²) >= 11 is 3.54. The molecule has 1 fully saturated rings. The summed E-state index contributed by atoms with van der Waals surface area (Å²) in [6.45, 7) is 4.94. The van der Waals surface area contributed by atoms with Gasteiger partial charge in [-0.3, -0.25) is 0 Å². The minimum Gasteiger partial charge on any atom is -0.493 e. The van der Waals surface area contributed by atoms with Crippen LogP contribution in [0.2, 0.25) is 0 Å². The normalized spacial score (nSPS) is 16.4. The average molecular weight is 312 g/mol. The fourth-order valence-corrected chi connectivity index (χ4v) is 2.73. The van der Waals surface area contributed by atoms with Crippen LogP contribution >= 0.6 is 15.9 Å². The van der Waals surface area contributed by atoms with E-state index in [1.807, 2.05) is 19.9 Å².